The van der Waals surface area contributed by atoms with E-state index in [4.69, 9.17) is 4.74 Å². The smallest absolute Gasteiger partial charge is 0.313 e. The lowest BCUT2D eigenvalue weighted by atomic mass is 10.1. The van der Waals surface area contributed by atoms with Crippen LogP contribution >= 0.6 is 11.8 Å². The molecule has 1 aromatic carbocycles. The van der Waals surface area contributed by atoms with Crippen LogP contribution in [0.2, 0.25) is 0 Å². The summed E-state index contributed by atoms with van der Waals surface area (Å²) in [6, 6.07) is 5.46. The standard InChI is InChI=1S/C13H16O3S/c1-4-16-13(15)8-11(14)10-5-6-12(17-3)9(2)7-10/h5-7H,4,8H2,1-3H3. The van der Waals surface area contributed by atoms with Gasteiger partial charge in [-0.15, -0.1) is 11.8 Å². The zero-order valence-corrected chi connectivity index (χ0v) is 11.1. The van der Waals surface area contributed by atoms with Crippen molar-refractivity contribution in [1.29, 1.82) is 0 Å². The number of hydrogen-bond donors (Lipinski definition) is 0. The van der Waals surface area contributed by atoms with Crippen LogP contribution in [0.3, 0.4) is 0 Å². The van der Waals surface area contributed by atoms with Gasteiger partial charge in [0, 0.05) is 10.5 Å². The Kier molecular flexibility index (Phi) is 5.22. The second-order valence-electron chi connectivity index (χ2n) is 3.59. The van der Waals surface area contributed by atoms with E-state index in [1.165, 1.54) is 0 Å². The molecule has 0 aliphatic rings. The van der Waals surface area contributed by atoms with Crippen LogP contribution in [0.15, 0.2) is 23.1 Å². The quantitative estimate of drug-likeness (QED) is 0.350. The second kappa shape index (κ2) is 6.45. The van der Waals surface area contributed by atoms with Gasteiger partial charge in [0.05, 0.1) is 6.61 Å². The fourth-order valence-corrected chi connectivity index (χ4v) is 2.08. The minimum atomic E-state index is -0.468. The van der Waals surface area contributed by atoms with Crippen molar-refractivity contribution in [2.45, 2.75) is 25.2 Å². The molecule has 0 aliphatic heterocycles. The molecular weight excluding hydrogens is 236 g/mol. The number of benzene rings is 1. The van der Waals surface area contributed by atoms with E-state index >= 15 is 0 Å². The maximum Gasteiger partial charge on any atom is 0.313 e. The molecule has 0 spiro atoms. The number of ether oxygens (including phenoxy) is 1. The van der Waals surface area contributed by atoms with Crippen LogP contribution < -0.4 is 0 Å². The normalized spacial score (nSPS) is 10.1. The van der Waals surface area contributed by atoms with Gasteiger partial charge in [-0.05, 0) is 37.8 Å². The van der Waals surface area contributed by atoms with Crippen molar-refractivity contribution in [3.8, 4) is 0 Å². The van der Waals surface area contributed by atoms with Gasteiger partial charge >= 0.3 is 5.97 Å². The molecule has 0 radical (unpaired) electrons. The molecule has 0 heterocycles. The molecule has 0 saturated heterocycles. The van der Waals surface area contributed by atoms with Crippen molar-refractivity contribution >= 4 is 23.5 Å². The fourth-order valence-electron chi connectivity index (χ4n) is 1.50. The summed E-state index contributed by atoms with van der Waals surface area (Å²) in [7, 11) is 0. The van der Waals surface area contributed by atoms with Crippen molar-refractivity contribution in [3.05, 3.63) is 29.3 Å². The number of aryl methyl sites for hydroxylation is 1. The predicted molar refractivity (Wildman–Crippen MR) is 68.5 cm³/mol. The molecule has 4 heteroatoms. The molecule has 0 aliphatic carbocycles. The molecule has 17 heavy (non-hydrogen) atoms. The first-order valence-corrected chi connectivity index (χ1v) is 6.64. The summed E-state index contributed by atoms with van der Waals surface area (Å²) in [6.45, 7) is 3.98. The van der Waals surface area contributed by atoms with Crippen molar-refractivity contribution in [1.82, 2.24) is 0 Å². The van der Waals surface area contributed by atoms with Gasteiger partial charge in [0.2, 0.25) is 0 Å². The number of rotatable bonds is 5. The van der Waals surface area contributed by atoms with Crippen LogP contribution in [0.25, 0.3) is 0 Å². The molecule has 0 fully saturated rings. The maximum absolute atomic E-state index is 11.8. The minimum absolute atomic E-state index is 0.189. The minimum Gasteiger partial charge on any atom is -0.466 e. The van der Waals surface area contributed by atoms with Crippen LogP contribution in [0, 0.1) is 6.92 Å². The van der Waals surface area contributed by atoms with Crippen LogP contribution in [-0.2, 0) is 9.53 Å². The van der Waals surface area contributed by atoms with Crippen molar-refractivity contribution in [2.24, 2.45) is 0 Å². The van der Waals surface area contributed by atoms with Crippen LogP contribution in [-0.4, -0.2) is 24.6 Å². The molecule has 0 unspecified atom stereocenters. The molecule has 92 valence electrons. The Morgan fingerprint density at radius 3 is 2.59 bits per heavy atom. The molecule has 0 atom stereocenters. The number of Topliss-reactive ketones (excluding diaryl/α,β-unsaturated/α-hetero) is 1. The van der Waals surface area contributed by atoms with Crippen LogP contribution in [0.1, 0.15) is 29.3 Å². The third-order valence-corrected chi connectivity index (χ3v) is 3.22. The Bertz CT molecular complexity index is 427. The van der Waals surface area contributed by atoms with Crippen molar-refractivity contribution < 1.29 is 14.3 Å². The lowest BCUT2D eigenvalue weighted by Crippen LogP contribution is -2.11. The number of hydrogen-bond acceptors (Lipinski definition) is 4. The first kappa shape index (κ1) is 13.8. The maximum atomic E-state index is 11.8. The van der Waals surface area contributed by atoms with Gasteiger partial charge in [-0.2, -0.15) is 0 Å². The summed E-state index contributed by atoms with van der Waals surface area (Å²) in [5, 5.41) is 0. The van der Waals surface area contributed by atoms with Gasteiger partial charge in [-0.3, -0.25) is 9.59 Å². The average molecular weight is 252 g/mol. The molecule has 0 amide bonds. The van der Waals surface area contributed by atoms with Crippen LogP contribution in [0.5, 0.6) is 0 Å². The number of carbonyl (C=O) groups is 2. The summed E-state index contributed by atoms with van der Waals surface area (Å²) in [4.78, 5) is 24.1. The lowest BCUT2D eigenvalue weighted by molar-refractivity contribution is -0.141. The largest absolute Gasteiger partial charge is 0.466 e. The molecule has 0 N–H and O–H groups in total. The van der Waals surface area contributed by atoms with Gasteiger partial charge in [-0.1, -0.05) is 6.07 Å². The van der Waals surface area contributed by atoms with Gasteiger partial charge in [-0.25, -0.2) is 0 Å². The van der Waals surface area contributed by atoms with Crippen LogP contribution in [0.4, 0.5) is 0 Å². The first-order valence-electron chi connectivity index (χ1n) is 5.42. The highest BCUT2D eigenvalue weighted by Crippen LogP contribution is 2.21. The third kappa shape index (κ3) is 3.89. The first-order chi connectivity index (χ1) is 8.08. The molecule has 1 aromatic rings. The number of esters is 1. The number of thioether (sulfide) groups is 1. The van der Waals surface area contributed by atoms with Crippen molar-refractivity contribution in [2.75, 3.05) is 12.9 Å². The van der Waals surface area contributed by atoms with E-state index < -0.39 is 5.97 Å². The summed E-state index contributed by atoms with van der Waals surface area (Å²) >= 11 is 1.63. The summed E-state index contributed by atoms with van der Waals surface area (Å²) in [6.07, 6.45) is 1.80. The van der Waals surface area contributed by atoms with E-state index in [9.17, 15) is 9.59 Å². The Balaban J connectivity index is 2.76. The number of ketones is 1. The predicted octanol–water partition coefficient (Wildman–Crippen LogP) is 2.85. The topological polar surface area (TPSA) is 43.4 Å². The Morgan fingerprint density at radius 2 is 2.06 bits per heavy atom. The molecule has 0 saturated carbocycles. The van der Waals surface area contributed by atoms with E-state index in [-0.39, 0.29) is 12.2 Å². The third-order valence-electron chi connectivity index (χ3n) is 2.33. The Morgan fingerprint density at radius 1 is 1.35 bits per heavy atom. The summed E-state index contributed by atoms with van der Waals surface area (Å²) in [5.74, 6) is -0.664. The van der Waals surface area contributed by atoms with Gasteiger partial charge in [0.25, 0.3) is 0 Å². The monoisotopic (exact) mass is 252 g/mol. The molecule has 0 bridgehead atoms. The zero-order valence-electron chi connectivity index (χ0n) is 10.3. The number of carbonyl (C=O) groups excluding carboxylic acids is 2. The Labute approximate surface area is 106 Å². The van der Waals surface area contributed by atoms with E-state index in [1.54, 1.807) is 24.8 Å². The van der Waals surface area contributed by atoms with Crippen molar-refractivity contribution in [3.63, 3.8) is 0 Å². The van der Waals surface area contributed by atoms with Gasteiger partial charge in [0.15, 0.2) is 5.78 Å². The highest BCUT2D eigenvalue weighted by Gasteiger charge is 2.13. The molecule has 0 aromatic heterocycles. The van der Waals surface area contributed by atoms with E-state index in [2.05, 4.69) is 0 Å². The van der Waals surface area contributed by atoms with E-state index in [0.717, 1.165) is 10.5 Å². The Hall–Kier alpha value is -1.29. The molecule has 3 nitrogen and oxygen atoms in total. The average Bonchev–Trinajstić information content (AvgIpc) is 2.29. The summed E-state index contributed by atoms with van der Waals surface area (Å²) in [5.41, 5.74) is 1.61. The van der Waals surface area contributed by atoms with E-state index in [0.29, 0.717) is 12.2 Å². The highest BCUT2D eigenvalue weighted by atomic mass is 32.2. The summed E-state index contributed by atoms with van der Waals surface area (Å²) < 4.78 is 4.75. The molecular formula is C13H16O3S. The second-order valence-corrected chi connectivity index (χ2v) is 4.44. The fraction of sp³-hybridized carbons (Fsp3) is 0.385. The van der Waals surface area contributed by atoms with Gasteiger partial charge < -0.3 is 4.74 Å². The lowest BCUT2D eigenvalue weighted by Gasteiger charge is -2.05. The highest BCUT2D eigenvalue weighted by molar-refractivity contribution is 7.98. The van der Waals surface area contributed by atoms with E-state index in [1.807, 2.05) is 25.3 Å². The van der Waals surface area contributed by atoms with Gasteiger partial charge in [0.1, 0.15) is 6.42 Å². The zero-order chi connectivity index (χ0) is 12.8. The SMILES string of the molecule is CCOC(=O)CC(=O)c1ccc(SC)c(C)c1. The molecule has 1 rings (SSSR count).